The summed E-state index contributed by atoms with van der Waals surface area (Å²) in [7, 11) is 0. The third-order valence-corrected chi connectivity index (χ3v) is 5.67. The second-order valence-corrected chi connectivity index (χ2v) is 8.38. The van der Waals surface area contributed by atoms with Crippen LogP contribution in [0.25, 0.3) is 0 Å². The molecule has 0 aromatic rings. The molecule has 2 saturated carbocycles. The predicted octanol–water partition coefficient (Wildman–Crippen LogP) is 3.56. The standard InChI is InChI=1S/C19H35N3O3/c1-4-25-18(24)22-16-7-5-15(6-8-16)21-17(23)20-13-14-9-11-19(2,3)12-10-14/h14-16H,4-13H2,1-3H3,(H,22,24)(H2,20,21,23). The third kappa shape index (κ3) is 7.12. The number of amides is 3. The molecule has 0 heterocycles. The Kier molecular flexibility index (Phi) is 7.38. The molecule has 144 valence electrons. The zero-order valence-electron chi connectivity index (χ0n) is 16.0. The molecule has 2 aliphatic rings. The summed E-state index contributed by atoms with van der Waals surface area (Å²) in [5.74, 6) is 0.614. The lowest BCUT2D eigenvalue weighted by molar-refractivity contribution is 0.143. The molecule has 0 bridgehead atoms. The van der Waals surface area contributed by atoms with E-state index in [1.165, 1.54) is 25.7 Å². The van der Waals surface area contributed by atoms with Crippen molar-refractivity contribution in [1.82, 2.24) is 16.0 Å². The Morgan fingerprint density at radius 1 is 0.960 bits per heavy atom. The Hall–Kier alpha value is -1.46. The molecule has 2 fully saturated rings. The van der Waals surface area contributed by atoms with Crippen LogP contribution in [0.3, 0.4) is 0 Å². The first-order valence-electron chi connectivity index (χ1n) is 9.85. The van der Waals surface area contributed by atoms with Gasteiger partial charge in [-0.15, -0.1) is 0 Å². The lowest BCUT2D eigenvalue weighted by Gasteiger charge is -2.34. The molecule has 3 amide bonds. The molecule has 2 rings (SSSR count). The van der Waals surface area contributed by atoms with Crippen molar-refractivity contribution >= 4 is 12.1 Å². The van der Waals surface area contributed by atoms with Gasteiger partial charge < -0.3 is 20.7 Å². The van der Waals surface area contributed by atoms with Crippen LogP contribution < -0.4 is 16.0 Å². The summed E-state index contributed by atoms with van der Waals surface area (Å²) in [5.41, 5.74) is 0.467. The van der Waals surface area contributed by atoms with E-state index in [2.05, 4.69) is 29.8 Å². The average molecular weight is 354 g/mol. The van der Waals surface area contributed by atoms with Crippen LogP contribution in [0, 0.1) is 11.3 Å². The lowest BCUT2D eigenvalue weighted by atomic mass is 9.73. The first kappa shape index (κ1) is 19.9. The van der Waals surface area contributed by atoms with E-state index in [0.29, 0.717) is 17.9 Å². The van der Waals surface area contributed by atoms with Gasteiger partial charge in [0.1, 0.15) is 0 Å². The van der Waals surface area contributed by atoms with Gasteiger partial charge in [0.15, 0.2) is 0 Å². The molecule has 6 heteroatoms. The van der Waals surface area contributed by atoms with E-state index < -0.39 is 0 Å². The van der Waals surface area contributed by atoms with Crippen LogP contribution in [0.5, 0.6) is 0 Å². The largest absolute Gasteiger partial charge is 0.450 e. The Morgan fingerprint density at radius 3 is 2.08 bits per heavy atom. The molecule has 2 aliphatic carbocycles. The van der Waals surface area contributed by atoms with E-state index in [1.54, 1.807) is 6.92 Å². The fourth-order valence-corrected chi connectivity index (χ4v) is 3.86. The summed E-state index contributed by atoms with van der Waals surface area (Å²) in [6.07, 6.45) is 8.10. The minimum absolute atomic E-state index is 0.0494. The first-order valence-corrected chi connectivity index (χ1v) is 9.85. The van der Waals surface area contributed by atoms with E-state index in [4.69, 9.17) is 4.74 Å². The van der Waals surface area contributed by atoms with Gasteiger partial charge in [0.05, 0.1) is 6.61 Å². The molecule has 6 nitrogen and oxygen atoms in total. The number of carbonyl (C=O) groups excluding carboxylic acids is 2. The van der Waals surface area contributed by atoms with E-state index in [9.17, 15) is 9.59 Å². The number of hydrogen-bond donors (Lipinski definition) is 3. The molecule has 0 aromatic carbocycles. The molecule has 0 spiro atoms. The normalized spacial score (nSPS) is 26.5. The van der Waals surface area contributed by atoms with Gasteiger partial charge in [-0.3, -0.25) is 0 Å². The highest BCUT2D eigenvalue weighted by Gasteiger charge is 2.27. The van der Waals surface area contributed by atoms with Crippen molar-refractivity contribution in [3.05, 3.63) is 0 Å². The molecule has 25 heavy (non-hydrogen) atoms. The van der Waals surface area contributed by atoms with Gasteiger partial charge in [0.25, 0.3) is 0 Å². The molecule has 0 aromatic heterocycles. The predicted molar refractivity (Wildman–Crippen MR) is 98.5 cm³/mol. The number of rotatable bonds is 5. The van der Waals surface area contributed by atoms with Gasteiger partial charge in [-0.05, 0) is 69.6 Å². The van der Waals surface area contributed by atoms with Crippen molar-refractivity contribution < 1.29 is 14.3 Å². The maximum atomic E-state index is 12.1. The highest BCUT2D eigenvalue weighted by molar-refractivity contribution is 5.74. The summed E-state index contributed by atoms with van der Waals surface area (Å²) in [5, 5.41) is 9.01. The van der Waals surface area contributed by atoms with Gasteiger partial charge in [0, 0.05) is 18.6 Å². The fourth-order valence-electron chi connectivity index (χ4n) is 3.86. The molecular weight excluding hydrogens is 318 g/mol. The number of nitrogens with one attached hydrogen (secondary N) is 3. The molecule has 0 saturated heterocycles. The van der Waals surface area contributed by atoms with Crippen LogP contribution in [0.2, 0.25) is 0 Å². The molecular formula is C19H35N3O3. The maximum Gasteiger partial charge on any atom is 0.407 e. The van der Waals surface area contributed by atoms with E-state index in [-0.39, 0.29) is 24.2 Å². The molecule has 0 aliphatic heterocycles. The fraction of sp³-hybridized carbons (Fsp3) is 0.895. The van der Waals surface area contributed by atoms with Crippen molar-refractivity contribution in [2.75, 3.05) is 13.2 Å². The first-order chi connectivity index (χ1) is 11.9. The Bertz CT molecular complexity index is 435. The number of hydrogen-bond acceptors (Lipinski definition) is 3. The number of urea groups is 1. The second kappa shape index (κ2) is 9.30. The van der Waals surface area contributed by atoms with Crippen LogP contribution >= 0.6 is 0 Å². The van der Waals surface area contributed by atoms with Gasteiger partial charge in [-0.25, -0.2) is 9.59 Å². The Morgan fingerprint density at radius 2 is 1.52 bits per heavy atom. The highest BCUT2D eigenvalue weighted by Crippen LogP contribution is 2.37. The maximum absolute atomic E-state index is 12.1. The van der Waals surface area contributed by atoms with Crippen molar-refractivity contribution in [2.45, 2.75) is 84.2 Å². The molecule has 0 unspecified atom stereocenters. The molecule has 0 atom stereocenters. The van der Waals surface area contributed by atoms with Gasteiger partial charge >= 0.3 is 12.1 Å². The Labute approximate surface area is 151 Å². The summed E-state index contributed by atoms with van der Waals surface area (Å²) in [6.45, 7) is 7.63. The van der Waals surface area contributed by atoms with E-state index in [0.717, 1.165) is 32.2 Å². The van der Waals surface area contributed by atoms with Crippen LogP contribution in [-0.2, 0) is 4.74 Å². The monoisotopic (exact) mass is 353 g/mol. The van der Waals surface area contributed by atoms with Crippen LogP contribution in [0.15, 0.2) is 0 Å². The van der Waals surface area contributed by atoms with Crippen molar-refractivity contribution in [1.29, 1.82) is 0 Å². The van der Waals surface area contributed by atoms with Crippen molar-refractivity contribution in [3.63, 3.8) is 0 Å². The van der Waals surface area contributed by atoms with Crippen LogP contribution in [-0.4, -0.2) is 37.4 Å². The number of carbonyl (C=O) groups is 2. The number of alkyl carbamates (subject to hydrolysis) is 1. The summed E-state index contributed by atoms with van der Waals surface area (Å²) < 4.78 is 4.91. The average Bonchev–Trinajstić information content (AvgIpc) is 2.56. The minimum atomic E-state index is -0.340. The Balaban J connectivity index is 1.58. The SMILES string of the molecule is CCOC(=O)NC1CCC(NC(=O)NCC2CCC(C)(C)CC2)CC1. The van der Waals surface area contributed by atoms with Gasteiger partial charge in [0.2, 0.25) is 0 Å². The third-order valence-electron chi connectivity index (χ3n) is 5.67. The van der Waals surface area contributed by atoms with E-state index >= 15 is 0 Å². The second-order valence-electron chi connectivity index (χ2n) is 8.38. The topological polar surface area (TPSA) is 79.5 Å². The highest BCUT2D eigenvalue weighted by atomic mass is 16.5. The van der Waals surface area contributed by atoms with Crippen molar-refractivity contribution in [3.8, 4) is 0 Å². The zero-order chi connectivity index (χ0) is 18.3. The smallest absolute Gasteiger partial charge is 0.407 e. The number of ether oxygens (including phenoxy) is 1. The molecule has 0 radical (unpaired) electrons. The summed E-state index contributed by atoms with van der Waals surface area (Å²) in [6, 6.07) is 0.308. The van der Waals surface area contributed by atoms with Crippen molar-refractivity contribution in [2.24, 2.45) is 11.3 Å². The molecule has 3 N–H and O–H groups in total. The minimum Gasteiger partial charge on any atom is -0.450 e. The summed E-state index contributed by atoms with van der Waals surface area (Å²) in [4.78, 5) is 23.5. The van der Waals surface area contributed by atoms with Gasteiger partial charge in [-0.2, -0.15) is 0 Å². The quantitative estimate of drug-likeness (QED) is 0.707. The van der Waals surface area contributed by atoms with E-state index in [1.807, 2.05) is 0 Å². The van der Waals surface area contributed by atoms with Crippen LogP contribution in [0.1, 0.15) is 72.1 Å². The zero-order valence-corrected chi connectivity index (χ0v) is 16.0. The summed E-state index contributed by atoms with van der Waals surface area (Å²) >= 11 is 0. The van der Waals surface area contributed by atoms with Crippen LogP contribution in [0.4, 0.5) is 9.59 Å². The lowest BCUT2D eigenvalue weighted by Crippen LogP contribution is -2.47. The van der Waals surface area contributed by atoms with Gasteiger partial charge in [-0.1, -0.05) is 13.8 Å².